The number of rotatable bonds is 3. The molecule has 144 valence electrons. The van der Waals surface area contributed by atoms with Crippen LogP contribution in [0.25, 0.3) is 33.2 Å². The Morgan fingerprint density at radius 3 is 2.03 bits per heavy atom. The van der Waals surface area contributed by atoms with Crippen molar-refractivity contribution in [3.63, 3.8) is 0 Å². The van der Waals surface area contributed by atoms with Gasteiger partial charge in [0.05, 0.1) is 0 Å². The van der Waals surface area contributed by atoms with Gasteiger partial charge in [-0.15, -0.1) is 0 Å². The monoisotopic (exact) mass is 384 g/mol. The molecule has 0 atom stereocenters. The molecule has 0 saturated carbocycles. The summed E-state index contributed by atoms with van der Waals surface area (Å²) >= 11 is 0. The van der Waals surface area contributed by atoms with E-state index >= 15 is 0 Å². The van der Waals surface area contributed by atoms with E-state index < -0.39 is 0 Å². The van der Waals surface area contributed by atoms with Gasteiger partial charge in [0, 0.05) is 11.1 Å². The van der Waals surface area contributed by atoms with Crippen molar-refractivity contribution in [1.29, 1.82) is 0 Å². The number of para-hydroxylation sites is 2. The molecule has 3 aromatic carbocycles. The fraction of sp³-hybridized carbons (Fsp3) is 0.182. The average molecular weight is 384 g/mol. The number of benzene rings is 3. The third kappa shape index (κ3) is 2.58. The first-order chi connectivity index (χ1) is 14.1. The lowest BCUT2D eigenvalue weighted by Gasteiger charge is -2.21. The topological polar surface area (TPSA) is 92.4 Å². The first-order valence-corrected chi connectivity index (χ1v) is 9.44. The van der Waals surface area contributed by atoms with Crippen LogP contribution in [0.1, 0.15) is 22.3 Å². The highest BCUT2D eigenvalue weighted by Crippen LogP contribution is 2.44. The minimum absolute atomic E-state index is 0.663. The fourth-order valence-electron chi connectivity index (χ4n) is 3.83. The van der Waals surface area contributed by atoms with E-state index in [4.69, 9.17) is 4.74 Å². The van der Waals surface area contributed by atoms with Gasteiger partial charge in [0.15, 0.2) is 11.3 Å². The van der Waals surface area contributed by atoms with Gasteiger partial charge in [-0.05, 0) is 68.1 Å². The zero-order valence-corrected chi connectivity index (χ0v) is 16.7. The molecule has 0 radical (unpaired) electrons. The molecule has 7 nitrogen and oxygen atoms in total. The summed E-state index contributed by atoms with van der Waals surface area (Å²) in [5, 5.41) is 22.5. The van der Waals surface area contributed by atoms with Gasteiger partial charge in [0.25, 0.3) is 0 Å². The Balaban J connectivity index is 1.81. The number of aromatic nitrogens is 6. The summed E-state index contributed by atoms with van der Waals surface area (Å²) in [5.74, 6) is 1.46. The van der Waals surface area contributed by atoms with Crippen LogP contribution in [0.3, 0.4) is 0 Å². The predicted molar refractivity (Wildman–Crippen MR) is 112 cm³/mol. The zero-order valence-electron chi connectivity index (χ0n) is 16.7. The lowest BCUT2D eigenvalue weighted by Crippen LogP contribution is -2.01. The van der Waals surface area contributed by atoms with E-state index in [-0.39, 0.29) is 0 Å². The van der Waals surface area contributed by atoms with Crippen LogP contribution >= 0.6 is 0 Å². The molecule has 0 amide bonds. The van der Waals surface area contributed by atoms with Gasteiger partial charge in [0.1, 0.15) is 22.3 Å². The highest BCUT2D eigenvalue weighted by molar-refractivity contribution is 5.95. The second kappa shape index (κ2) is 6.41. The smallest absolute Gasteiger partial charge is 0.157 e. The standard InChI is InChI=1S/C22H20N6O/c1-11-12(2)14(4)22(29-18-10-6-9-17-21(18)26-28-24-17)19(13(11)3)15-7-5-8-16-20(15)25-27-23-16/h5-10H,1-4H3,(H,23,25,27)(H,24,26,28). The van der Waals surface area contributed by atoms with Gasteiger partial charge >= 0.3 is 0 Å². The van der Waals surface area contributed by atoms with E-state index in [1.165, 1.54) is 11.1 Å². The van der Waals surface area contributed by atoms with E-state index in [1.54, 1.807) is 0 Å². The van der Waals surface area contributed by atoms with E-state index in [0.29, 0.717) is 11.3 Å². The summed E-state index contributed by atoms with van der Waals surface area (Å²) in [7, 11) is 0. The summed E-state index contributed by atoms with van der Waals surface area (Å²) in [6.45, 7) is 8.49. The molecule has 7 heteroatoms. The number of fused-ring (bicyclic) bond motifs is 2. The van der Waals surface area contributed by atoms with Gasteiger partial charge in [0.2, 0.25) is 0 Å². The summed E-state index contributed by atoms with van der Waals surface area (Å²) in [4.78, 5) is 0. The van der Waals surface area contributed by atoms with Crippen LogP contribution < -0.4 is 4.74 Å². The van der Waals surface area contributed by atoms with Gasteiger partial charge in [-0.3, -0.25) is 0 Å². The van der Waals surface area contributed by atoms with Crippen LogP contribution in [0.5, 0.6) is 11.5 Å². The quantitative estimate of drug-likeness (QED) is 0.460. The summed E-state index contributed by atoms with van der Waals surface area (Å²) in [6, 6.07) is 11.7. The van der Waals surface area contributed by atoms with E-state index in [2.05, 4.69) is 64.6 Å². The molecule has 5 aromatic rings. The van der Waals surface area contributed by atoms with Crippen molar-refractivity contribution in [3.05, 3.63) is 58.7 Å². The van der Waals surface area contributed by atoms with Crippen molar-refractivity contribution in [2.24, 2.45) is 0 Å². The lowest BCUT2D eigenvalue weighted by molar-refractivity contribution is 0.484. The number of hydrogen-bond acceptors (Lipinski definition) is 5. The number of nitrogens with zero attached hydrogens (tertiary/aromatic N) is 4. The molecule has 29 heavy (non-hydrogen) atoms. The van der Waals surface area contributed by atoms with Gasteiger partial charge in [-0.1, -0.05) is 18.2 Å². The first kappa shape index (κ1) is 17.4. The minimum atomic E-state index is 0.663. The lowest BCUT2D eigenvalue weighted by atomic mass is 9.89. The molecule has 2 aromatic heterocycles. The van der Waals surface area contributed by atoms with Crippen LogP contribution in [-0.4, -0.2) is 30.8 Å². The molecule has 0 spiro atoms. The summed E-state index contributed by atoms with van der Waals surface area (Å²) in [5.41, 5.74) is 9.81. The van der Waals surface area contributed by atoms with Crippen molar-refractivity contribution in [2.45, 2.75) is 27.7 Å². The molecule has 0 aliphatic rings. The number of nitrogens with one attached hydrogen (secondary N) is 2. The van der Waals surface area contributed by atoms with Crippen LogP contribution in [0.15, 0.2) is 36.4 Å². The van der Waals surface area contributed by atoms with Crippen LogP contribution in [0, 0.1) is 27.7 Å². The number of ether oxygens (including phenoxy) is 1. The normalized spacial score (nSPS) is 11.4. The Kier molecular flexibility index (Phi) is 3.84. The molecule has 0 saturated heterocycles. The Hall–Kier alpha value is -3.74. The maximum atomic E-state index is 6.53. The predicted octanol–water partition coefficient (Wildman–Crippen LogP) is 4.92. The molecule has 0 aliphatic carbocycles. The van der Waals surface area contributed by atoms with Crippen molar-refractivity contribution >= 4 is 22.1 Å². The maximum absolute atomic E-state index is 6.53. The third-order valence-electron chi connectivity index (χ3n) is 5.77. The number of H-pyrrole nitrogens is 2. The Morgan fingerprint density at radius 1 is 0.655 bits per heavy atom. The van der Waals surface area contributed by atoms with E-state index in [0.717, 1.165) is 44.6 Å². The van der Waals surface area contributed by atoms with Crippen molar-refractivity contribution in [2.75, 3.05) is 0 Å². The van der Waals surface area contributed by atoms with Crippen LogP contribution in [-0.2, 0) is 0 Å². The Morgan fingerprint density at radius 2 is 1.28 bits per heavy atom. The van der Waals surface area contributed by atoms with Gasteiger partial charge < -0.3 is 4.74 Å². The SMILES string of the molecule is Cc1c(C)c(C)c(-c2cccc3n[nH]nc23)c(Oc2cccc3n[nH]nc23)c1C. The van der Waals surface area contributed by atoms with Gasteiger partial charge in [-0.25, -0.2) is 0 Å². The highest BCUT2D eigenvalue weighted by Gasteiger charge is 2.22. The Labute approximate surface area is 167 Å². The largest absolute Gasteiger partial charge is 0.454 e. The minimum Gasteiger partial charge on any atom is -0.454 e. The second-order valence-electron chi connectivity index (χ2n) is 7.25. The molecular formula is C22H20N6O. The highest BCUT2D eigenvalue weighted by atomic mass is 16.5. The fourth-order valence-corrected chi connectivity index (χ4v) is 3.83. The van der Waals surface area contributed by atoms with Crippen molar-refractivity contribution in [3.8, 4) is 22.6 Å². The second-order valence-corrected chi connectivity index (χ2v) is 7.25. The molecule has 0 bridgehead atoms. The molecular weight excluding hydrogens is 364 g/mol. The molecule has 2 N–H and O–H groups in total. The van der Waals surface area contributed by atoms with E-state index in [1.807, 2.05) is 30.3 Å². The number of aromatic amines is 2. The Bertz CT molecular complexity index is 1380. The molecule has 0 aliphatic heterocycles. The first-order valence-electron chi connectivity index (χ1n) is 9.44. The van der Waals surface area contributed by atoms with Crippen molar-refractivity contribution < 1.29 is 4.74 Å². The van der Waals surface area contributed by atoms with Gasteiger partial charge in [-0.2, -0.15) is 30.8 Å². The molecule has 5 rings (SSSR count). The number of hydrogen-bond donors (Lipinski definition) is 2. The van der Waals surface area contributed by atoms with Crippen LogP contribution in [0.2, 0.25) is 0 Å². The molecule has 2 heterocycles. The molecule has 0 fully saturated rings. The van der Waals surface area contributed by atoms with Crippen LogP contribution in [0.4, 0.5) is 0 Å². The maximum Gasteiger partial charge on any atom is 0.157 e. The summed E-state index contributed by atoms with van der Waals surface area (Å²) in [6.07, 6.45) is 0. The average Bonchev–Trinajstić information content (AvgIpc) is 3.40. The molecule has 0 unspecified atom stereocenters. The summed E-state index contributed by atoms with van der Waals surface area (Å²) < 4.78 is 6.53. The van der Waals surface area contributed by atoms with E-state index in [9.17, 15) is 0 Å². The third-order valence-corrected chi connectivity index (χ3v) is 5.77. The zero-order chi connectivity index (χ0) is 20.1. The van der Waals surface area contributed by atoms with Crippen molar-refractivity contribution in [1.82, 2.24) is 30.8 Å².